The van der Waals surface area contributed by atoms with Crippen molar-refractivity contribution in [3.8, 4) is 0 Å². The van der Waals surface area contributed by atoms with Crippen molar-refractivity contribution >= 4 is 12.2 Å². The third kappa shape index (κ3) is 2.09. The molecule has 0 saturated carbocycles. The van der Waals surface area contributed by atoms with E-state index in [2.05, 4.69) is 15.3 Å². The van der Waals surface area contributed by atoms with Gasteiger partial charge < -0.3 is 15.4 Å². The van der Waals surface area contributed by atoms with Gasteiger partial charge in [0, 0.05) is 17.8 Å². The van der Waals surface area contributed by atoms with Crippen LogP contribution in [-0.4, -0.2) is 22.1 Å². The molecule has 1 unspecified atom stereocenters. The van der Waals surface area contributed by atoms with E-state index in [0.717, 1.165) is 36.2 Å². The van der Waals surface area contributed by atoms with Crippen LogP contribution in [0.15, 0.2) is 0 Å². The van der Waals surface area contributed by atoms with Gasteiger partial charge in [-0.1, -0.05) is 0 Å². The molecule has 0 fully saturated rings. The highest BCUT2D eigenvalue weighted by molar-refractivity contribution is 7.71. The highest BCUT2D eigenvalue weighted by Gasteiger charge is 2.22. The third-order valence-corrected chi connectivity index (χ3v) is 2.91. The number of fused-ring (bicyclic) bond motifs is 1. The van der Waals surface area contributed by atoms with Crippen LogP contribution < -0.4 is 5.32 Å². The molecule has 0 aromatic carbocycles. The minimum absolute atomic E-state index is 0.392. The zero-order valence-electron chi connectivity index (χ0n) is 8.71. The first-order valence-electron chi connectivity index (χ1n) is 5.17. The fourth-order valence-corrected chi connectivity index (χ4v) is 2.32. The molecule has 2 rings (SSSR count). The second kappa shape index (κ2) is 4.38. The van der Waals surface area contributed by atoms with Crippen LogP contribution in [0.2, 0.25) is 0 Å². The number of H-pyrrole nitrogens is 1. The molecule has 0 radical (unpaired) electrons. The Morgan fingerprint density at radius 2 is 2.47 bits per heavy atom. The van der Waals surface area contributed by atoms with Crippen molar-refractivity contribution in [2.24, 2.45) is 0 Å². The fraction of sp³-hybridized carbons (Fsp3) is 0.600. The van der Waals surface area contributed by atoms with Crippen LogP contribution in [0.4, 0.5) is 0 Å². The predicted molar refractivity (Wildman–Crippen MR) is 60.1 cm³/mol. The molecule has 1 aromatic heterocycles. The molecule has 5 heteroatoms. The van der Waals surface area contributed by atoms with Gasteiger partial charge in [0.2, 0.25) is 0 Å². The molecule has 0 saturated heterocycles. The number of aliphatic hydroxyl groups is 1. The number of nitrogens with zero attached hydrogens (tertiary/aromatic N) is 1. The van der Waals surface area contributed by atoms with Gasteiger partial charge in [-0.25, -0.2) is 4.98 Å². The number of rotatable bonds is 2. The lowest BCUT2D eigenvalue weighted by Gasteiger charge is -2.23. The Balaban J connectivity index is 2.53. The normalized spacial score (nSPS) is 20.0. The third-order valence-electron chi connectivity index (χ3n) is 2.71. The van der Waals surface area contributed by atoms with Crippen LogP contribution in [0.5, 0.6) is 0 Å². The summed E-state index contributed by atoms with van der Waals surface area (Å²) in [5, 5.41) is 13.0. The van der Waals surface area contributed by atoms with Gasteiger partial charge in [-0.3, -0.25) is 0 Å². The highest BCUT2D eigenvalue weighted by Crippen LogP contribution is 2.30. The van der Waals surface area contributed by atoms with E-state index in [4.69, 9.17) is 12.2 Å². The quantitative estimate of drug-likeness (QED) is 0.662. The van der Waals surface area contributed by atoms with Crippen LogP contribution in [-0.2, 0) is 13.0 Å². The van der Waals surface area contributed by atoms with Crippen molar-refractivity contribution in [1.29, 1.82) is 0 Å². The summed E-state index contributed by atoms with van der Waals surface area (Å²) in [5.41, 5.74) is 2.88. The van der Waals surface area contributed by atoms with E-state index < -0.39 is 6.10 Å². The van der Waals surface area contributed by atoms with Gasteiger partial charge in [-0.05, 0) is 38.5 Å². The van der Waals surface area contributed by atoms with E-state index in [0.29, 0.717) is 11.3 Å². The van der Waals surface area contributed by atoms with Crippen molar-refractivity contribution < 1.29 is 5.11 Å². The topological polar surface area (TPSA) is 60.9 Å². The Hall–Kier alpha value is -0.780. The zero-order valence-corrected chi connectivity index (χ0v) is 9.52. The van der Waals surface area contributed by atoms with Crippen molar-refractivity contribution in [3.05, 3.63) is 21.7 Å². The van der Waals surface area contributed by atoms with E-state index in [1.165, 1.54) is 0 Å². The minimum atomic E-state index is -0.392. The van der Waals surface area contributed by atoms with E-state index in [1.54, 1.807) is 0 Å². The number of aromatic nitrogens is 2. The van der Waals surface area contributed by atoms with Crippen molar-refractivity contribution in [1.82, 2.24) is 15.3 Å². The lowest BCUT2D eigenvalue weighted by atomic mass is 9.92. The molecule has 1 atom stereocenters. The molecule has 1 heterocycles. The molecule has 0 aliphatic heterocycles. The minimum Gasteiger partial charge on any atom is -0.388 e. The first-order valence-corrected chi connectivity index (χ1v) is 5.58. The summed E-state index contributed by atoms with van der Waals surface area (Å²) in [6, 6.07) is 0. The summed E-state index contributed by atoms with van der Waals surface area (Å²) in [7, 11) is 1.86. The van der Waals surface area contributed by atoms with Crippen LogP contribution in [0.25, 0.3) is 0 Å². The van der Waals surface area contributed by atoms with Gasteiger partial charge in [0.05, 0.1) is 11.8 Å². The lowest BCUT2D eigenvalue weighted by Crippen LogP contribution is -2.19. The first-order chi connectivity index (χ1) is 7.22. The summed E-state index contributed by atoms with van der Waals surface area (Å²) >= 11 is 5.06. The Bertz CT molecular complexity index is 416. The summed E-state index contributed by atoms with van der Waals surface area (Å²) in [6.07, 6.45) is 2.38. The van der Waals surface area contributed by atoms with Crippen LogP contribution in [0.1, 0.15) is 35.9 Å². The van der Waals surface area contributed by atoms with E-state index in [1.807, 2.05) is 7.05 Å². The molecule has 4 nitrogen and oxygen atoms in total. The predicted octanol–water partition coefficient (Wildman–Crippen LogP) is 1.23. The number of hydrogen-bond acceptors (Lipinski definition) is 4. The van der Waals surface area contributed by atoms with Gasteiger partial charge >= 0.3 is 0 Å². The summed E-state index contributed by atoms with van der Waals surface area (Å²) < 4.78 is 0.508. The van der Waals surface area contributed by atoms with E-state index in [-0.39, 0.29) is 0 Å². The maximum Gasteiger partial charge on any atom is 0.197 e. The molecular weight excluding hydrogens is 210 g/mol. The first kappa shape index (κ1) is 10.7. The number of aliphatic hydroxyl groups excluding tert-OH is 1. The van der Waals surface area contributed by atoms with E-state index in [9.17, 15) is 5.11 Å². The lowest BCUT2D eigenvalue weighted by molar-refractivity contribution is 0.153. The molecular formula is C10H15N3OS. The monoisotopic (exact) mass is 225 g/mol. The van der Waals surface area contributed by atoms with Gasteiger partial charge in [-0.2, -0.15) is 0 Å². The van der Waals surface area contributed by atoms with Crippen molar-refractivity contribution in [2.45, 2.75) is 31.9 Å². The largest absolute Gasteiger partial charge is 0.388 e. The van der Waals surface area contributed by atoms with Crippen LogP contribution in [0, 0.1) is 4.77 Å². The molecule has 15 heavy (non-hydrogen) atoms. The zero-order chi connectivity index (χ0) is 10.8. The van der Waals surface area contributed by atoms with Gasteiger partial charge in [0.25, 0.3) is 0 Å². The second-order valence-corrected chi connectivity index (χ2v) is 4.21. The molecule has 1 aromatic rings. The Kier molecular flexibility index (Phi) is 3.14. The number of hydrogen-bond donors (Lipinski definition) is 3. The highest BCUT2D eigenvalue weighted by atomic mass is 32.1. The average molecular weight is 225 g/mol. The number of nitrogens with one attached hydrogen (secondary N) is 2. The second-order valence-electron chi connectivity index (χ2n) is 3.82. The Morgan fingerprint density at radius 1 is 1.67 bits per heavy atom. The van der Waals surface area contributed by atoms with Gasteiger partial charge in [0.15, 0.2) is 4.77 Å². The van der Waals surface area contributed by atoms with Gasteiger partial charge in [-0.15, -0.1) is 0 Å². The standard InChI is InChI=1S/C10H15N3OS/c1-11-5-7-9-6(12-10(15)13-7)3-2-4-8(9)14/h8,11,14H,2-5H2,1H3,(H,12,13,15). The summed E-state index contributed by atoms with van der Waals surface area (Å²) in [6.45, 7) is 0.651. The smallest absolute Gasteiger partial charge is 0.197 e. The molecule has 3 N–H and O–H groups in total. The maximum atomic E-state index is 9.94. The Morgan fingerprint density at radius 3 is 3.20 bits per heavy atom. The van der Waals surface area contributed by atoms with E-state index >= 15 is 0 Å². The molecule has 0 amide bonds. The molecule has 1 aliphatic carbocycles. The molecule has 0 spiro atoms. The fourth-order valence-electron chi connectivity index (χ4n) is 2.09. The maximum absolute atomic E-state index is 9.94. The van der Waals surface area contributed by atoms with Crippen molar-refractivity contribution in [2.75, 3.05) is 7.05 Å². The molecule has 0 bridgehead atoms. The van der Waals surface area contributed by atoms with Crippen LogP contribution >= 0.6 is 12.2 Å². The average Bonchev–Trinajstić information content (AvgIpc) is 2.17. The van der Waals surface area contributed by atoms with Crippen LogP contribution in [0.3, 0.4) is 0 Å². The Labute approximate surface area is 93.8 Å². The SMILES string of the molecule is CNCc1nc(=S)[nH]c2c1C(O)CCC2. The number of aromatic amines is 1. The summed E-state index contributed by atoms with van der Waals surface area (Å²) in [4.78, 5) is 7.34. The molecule has 1 aliphatic rings. The number of aryl methyl sites for hydroxylation is 1. The van der Waals surface area contributed by atoms with Gasteiger partial charge in [0.1, 0.15) is 0 Å². The van der Waals surface area contributed by atoms with Crippen molar-refractivity contribution in [3.63, 3.8) is 0 Å². The summed E-state index contributed by atoms with van der Waals surface area (Å²) in [5.74, 6) is 0. The molecule has 82 valence electrons.